The number of fused-ring (bicyclic) bond motifs is 1. The Labute approximate surface area is 171 Å². The maximum atomic E-state index is 5.62. The number of nitrogens with two attached hydrogens (primary N) is 1. The molecule has 152 valence electrons. The number of hydrogen-bond donors (Lipinski definition) is 1. The van der Waals surface area contributed by atoms with Crippen LogP contribution < -0.4 is 5.73 Å². The van der Waals surface area contributed by atoms with Crippen molar-refractivity contribution in [2.45, 2.75) is 50.5 Å². The number of nitrogens with zero attached hydrogens (tertiary/aromatic N) is 4. The monoisotopic (exact) mass is 391 g/mol. The van der Waals surface area contributed by atoms with E-state index in [2.05, 4.69) is 34.2 Å². The van der Waals surface area contributed by atoms with Crippen LogP contribution in [0, 0.1) is 5.92 Å². The van der Waals surface area contributed by atoms with E-state index in [-0.39, 0.29) is 0 Å². The maximum Gasteiger partial charge on any atom is 0.0924 e. The quantitative estimate of drug-likeness (QED) is 0.685. The lowest BCUT2D eigenvalue weighted by Crippen LogP contribution is -2.27. The lowest BCUT2D eigenvalue weighted by Gasteiger charge is -2.35. The van der Waals surface area contributed by atoms with Crippen LogP contribution in [0.4, 0.5) is 0 Å². The van der Waals surface area contributed by atoms with Gasteiger partial charge < -0.3 is 10.5 Å². The zero-order valence-electron chi connectivity index (χ0n) is 16.8. The lowest BCUT2D eigenvalue weighted by atomic mass is 9.77. The van der Waals surface area contributed by atoms with E-state index < -0.39 is 0 Å². The maximum absolute atomic E-state index is 5.62. The molecule has 6 nitrogen and oxygen atoms in total. The van der Waals surface area contributed by atoms with Gasteiger partial charge in [0.15, 0.2) is 0 Å². The Balaban J connectivity index is 1.30. The number of ether oxygens (including phenoxy) is 1. The molecule has 29 heavy (non-hydrogen) atoms. The van der Waals surface area contributed by atoms with Gasteiger partial charge in [-0.15, -0.1) is 0 Å². The van der Waals surface area contributed by atoms with Gasteiger partial charge >= 0.3 is 0 Å². The van der Waals surface area contributed by atoms with E-state index in [1.54, 1.807) is 0 Å². The highest BCUT2D eigenvalue weighted by molar-refractivity contribution is 5.77. The molecule has 1 aliphatic heterocycles. The van der Waals surface area contributed by atoms with Crippen LogP contribution >= 0.6 is 0 Å². The van der Waals surface area contributed by atoms with E-state index in [1.165, 1.54) is 24.8 Å². The first-order chi connectivity index (χ1) is 14.3. The second kappa shape index (κ2) is 8.20. The van der Waals surface area contributed by atoms with Crippen LogP contribution in [-0.2, 0) is 4.74 Å². The van der Waals surface area contributed by atoms with Crippen molar-refractivity contribution in [1.82, 2.24) is 19.7 Å². The third-order valence-electron chi connectivity index (χ3n) is 6.56. The third-order valence-corrected chi connectivity index (χ3v) is 6.56. The molecule has 2 fully saturated rings. The van der Waals surface area contributed by atoms with Gasteiger partial charge in [-0.1, -0.05) is 6.07 Å². The number of benzene rings is 1. The predicted octanol–water partition coefficient (Wildman–Crippen LogP) is 4.08. The Hall–Kier alpha value is -2.31. The predicted molar refractivity (Wildman–Crippen MR) is 114 cm³/mol. The van der Waals surface area contributed by atoms with E-state index in [9.17, 15) is 0 Å². The molecule has 2 aromatic heterocycles. The molecule has 3 heterocycles. The molecule has 1 aliphatic carbocycles. The summed E-state index contributed by atoms with van der Waals surface area (Å²) in [5.41, 5.74) is 10.8. The van der Waals surface area contributed by atoms with E-state index in [0.29, 0.717) is 12.0 Å². The molecule has 0 bridgehead atoms. The fourth-order valence-electron chi connectivity index (χ4n) is 4.68. The van der Waals surface area contributed by atoms with Gasteiger partial charge in [-0.25, -0.2) is 4.98 Å². The number of hydrogen-bond acceptors (Lipinski definition) is 5. The molecule has 1 aromatic carbocycles. The van der Waals surface area contributed by atoms with Crippen LogP contribution in [0.25, 0.3) is 22.3 Å². The standard InChI is InChI=1S/C23H29N5O/c24-7-1-2-16-10-20(11-16)28-15-19(13-26-28)23-14-25-22-12-18(3-4-21(22)27-23)17-5-8-29-9-6-17/h3-4,12-17,20H,1-2,5-11,24H2. The molecule has 5 rings (SSSR count). The van der Waals surface area contributed by atoms with Crippen LogP contribution in [0.2, 0.25) is 0 Å². The molecule has 2 N–H and O–H groups in total. The van der Waals surface area contributed by atoms with Crippen LogP contribution in [-0.4, -0.2) is 39.5 Å². The zero-order chi connectivity index (χ0) is 19.6. The first-order valence-corrected chi connectivity index (χ1v) is 10.9. The highest BCUT2D eigenvalue weighted by Crippen LogP contribution is 2.40. The van der Waals surface area contributed by atoms with E-state index in [1.807, 2.05) is 12.4 Å². The van der Waals surface area contributed by atoms with E-state index in [4.69, 9.17) is 20.4 Å². The first kappa shape index (κ1) is 18.7. The average molecular weight is 392 g/mol. The molecule has 1 saturated heterocycles. The molecule has 0 atom stereocenters. The summed E-state index contributed by atoms with van der Waals surface area (Å²) >= 11 is 0. The minimum absolute atomic E-state index is 0.516. The fraction of sp³-hybridized carbons (Fsp3) is 0.522. The zero-order valence-corrected chi connectivity index (χ0v) is 16.8. The van der Waals surface area contributed by atoms with Gasteiger partial charge in [0, 0.05) is 25.0 Å². The minimum Gasteiger partial charge on any atom is -0.381 e. The smallest absolute Gasteiger partial charge is 0.0924 e. The summed E-state index contributed by atoms with van der Waals surface area (Å²) in [6.45, 7) is 2.50. The molecule has 1 saturated carbocycles. The van der Waals surface area contributed by atoms with Crippen molar-refractivity contribution < 1.29 is 4.74 Å². The molecular weight excluding hydrogens is 362 g/mol. The second-order valence-corrected chi connectivity index (χ2v) is 8.52. The van der Waals surface area contributed by atoms with Crippen molar-refractivity contribution in [3.63, 3.8) is 0 Å². The van der Waals surface area contributed by atoms with Crippen LogP contribution in [0.3, 0.4) is 0 Å². The highest BCUT2D eigenvalue weighted by atomic mass is 16.5. The van der Waals surface area contributed by atoms with Gasteiger partial charge in [0.05, 0.1) is 35.2 Å². The summed E-state index contributed by atoms with van der Waals surface area (Å²) in [6.07, 6.45) is 12.9. The summed E-state index contributed by atoms with van der Waals surface area (Å²) in [7, 11) is 0. The molecule has 0 unspecified atom stereocenters. The Bertz CT molecular complexity index is 972. The van der Waals surface area contributed by atoms with Gasteiger partial charge in [0.1, 0.15) is 0 Å². The SMILES string of the molecule is NCCCC1CC(n2cc(-c3cnc4cc(C5CCOCC5)ccc4n3)cn2)C1. The fourth-order valence-corrected chi connectivity index (χ4v) is 4.68. The molecule has 0 spiro atoms. The third kappa shape index (κ3) is 3.91. The molecular formula is C23H29N5O. The molecule has 2 aliphatic rings. The highest BCUT2D eigenvalue weighted by Gasteiger charge is 2.30. The van der Waals surface area contributed by atoms with Crippen LogP contribution in [0.5, 0.6) is 0 Å². The molecule has 0 radical (unpaired) electrons. The van der Waals surface area contributed by atoms with Crippen molar-refractivity contribution >= 4 is 11.0 Å². The van der Waals surface area contributed by atoms with Crippen molar-refractivity contribution in [2.75, 3.05) is 19.8 Å². The molecule has 0 amide bonds. The Morgan fingerprint density at radius 1 is 1.10 bits per heavy atom. The largest absolute Gasteiger partial charge is 0.381 e. The van der Waals surface area contributed by atoms with E-state index >= 15 is 0 Å². The van der Waals surface area contributed by atoms with E-state index in [0.717, 1.165) is 67.2 Å². The van der Waals surface area contributed by atoms with Crippen molar-refractivity contribution in [2.24, 2.45) is 11.7 Å². The van der Waals surface area contributed by atoms with Gasteiger partial charge in [-0.3, -0.25) is 9.67 Å². The minimum atomic E-state index is 0.516. The molecule has 6 heteroatoms. The van der Waals surface area contributed by atoms with Gasteiger partial charge in [-0.05, 0) is 74.6 Å². The first-order valence-electron chi connectivity index (χ1n) is 10.9. The second-order valence-electron chi connectivity index (χ2n) is 8.52. The lowest BCUT2D eigenvalue weighted by molar-refractivity contribution is 0.0853. The Morgan fingerprint density at radius 2 is 1.97 bits per heavy atom. The van der Waals surface area contributed by atoms with Crippen molar-refractivity contribution in [3.05, 3.63) is 42.4 Å². The van der Waals surface area contributed by atoms with Crippen LogP contribution in [0.1, 0.15) is 56.0 Å². The Morgan fingerprint density at radius 3 is 2.79 bits per heavy atom. The average Bonchev–Trinajstić information content (AvgIpc) is 3.22. The van der Waals surface area contributed by atoms with Gasteiger partial charge in [-0.2, -0.15) is 5.10 Å². The Kier molecular flexibility index (Phi) is 5.29. The number of aromatic nitrogens is 4. The van der Waals surface area contributed by atoms with Gasteiger partial charge in [0.25, 0.3) is 0 Å². The topological polar surface area (TPSA) is 78.9 Å². The van der Waals surface area contributed by atoms with Gasteiger partial charge in [0.2, 0.25) is 0 Å². The van der Waals surface area contributed by atoms with Crippen molar-refractivity contribution in [1.29, 1.82) is 0 Å². The molecule has 3 aromatic rings. The number of rotatable bonds is 6. The van der Waals surface area contributed by atoms with Crippen molar-refractivity contribution in [3.8, 4) is 11.3 Å². The summed E-state index contributed by atoms with van der Waals surface area (Å²) in [4.78, 5) is 9.55. The summed E-state index contributed by atoms with van der Waals surface area (Å²) in [6, 6.07) is 7.02. The summed E-state index contributed by atoms with van der Waals surface area (Å²) in [5, 5.41) is 4.60. The normalized spacial score (nSPS) is 22.7. The summed E-state index contributed by atoms with van der Waals surface area (Å²) < 4.78 is 7.59. The summed E-state index contributed by atoms with van der Waals surface area (Å²) in [5.74, 6) is 1.38. The van der Waals surface area contributed by atoms with Crippen LogP contribution in [0.15, 0.2) is 36.8 Å².